The van der Waals surface area contributed by atoms with E-state index in [1.807, 2.05) is 48.5 Å². The van der Waals surface area contributed by atoms with Crippen molar-refractivity contribution in [3.63, 3.8) is 0 Å². The van der Waals surface area contributed by atoms with Gasteiger partial charge in [0, 0.05) is 10.5 Å². The Morgan fingerprint density at radius 3 is 2.26 bits per heavy atom. The molecule has 0 N–H and O–H groups in total. The molecule has 0 aliphatic heterocycles. The maximum absolute atomic E-state index is 12.9. The normalized spacial score (nSPS) is 11.5. The molecule has 0 saturated heterocycles. The maximum atomic E-state index is 12.9. The van der Waals surface area contributed by atoms with Crippen molar-refractivity contribution in [1.82, 2.24) is 0 Å². The van der Waals surface area contributed by atoms with E-state index in [1.165, 1.54) is 11.8 Å². The molecule has 0 aliphatic carbocycles. The van der Waals surface area contributed by atoms with Crippen molar-refractivity contribution in [3.05, 3.63) is 98.8 Å². The molecule has 0 saturated carbocycles. The highest BCUT2D eigenvalue weighted by molar-refractivity contribution is 9.10. The van der Waals surface area contributed by atoms with Gasteiger partial charge in [-0.05, 0) is 52.9 Å². The molecule has 5 heteroatoms. The van der Waals surface area contributed by atoms with Crippen LogP contribution in [-0.2, 0) is 12.0 Å². The standard InChI is InChI=1S/C26H23BrO4/c1-26(2,3)18-6-10-20(11-7-18)31-24-16-30-23-14-21(12-13-22(23)25(24)28)29-15-17-4-8-19(27)9-5-17/h4-14,16H,15H2,1-3H3. The Bertz CT molecular complexity index is 1250. The van der Waals surface area contributed by atoms with Crippen LogP contribution in [0.1, 0.15) is 31.9 Å². The topological polar surface area (TPSA) is 48.7 Å². The number of halogens is 1. The lowest BCUT2D eigenvalue weighted by atomic mass is 9.87. The third kappa shape index (κ3) is 5.00. The predicted octanol–water partition coefficient (Wildman–Crippen LogP) is 7.22. The van der Waals surface area contributed by atoms with E-state index in [2.05, 4.69) is 36.7 Å². The first-order valence-corrected chi connectivity index (χ1v) is 10.8. The summed E-state index contributed by atoms with van der Waals surface area (Å²) in [6, 6.07) is 20.8. The molecule has 0 amide bonds. The molecule has 0 unspecified atom stereocenters. The van der Waals surface area contributed by atoms with E-state index in [0.717, 1.165) is 10.0 Å². The number of hydrogen-bond acceptors (Lipinski definition) is 4. The van der Waals surface area contributed by atoms with Crippen LogP contribution in [0.2, 0.25) is 0 Å². The minimum absolute atomic E-state index is 0.0532. The van der Waals surface area contributed by atoms with E-state index in [4.69, 9.17) is 13.9 Å². The Balaban J connectivity index is 1.51. The van der Waals surface area contributed by atoms with E-state index >= 15 is 0 Å². The molecule has 0 fully saturated rings. The van der Waals surface area contributed by atoms with Crippen molar-refractivity contribution in [2.24, 2.45) is 0 Å². The van der Waals surface area contributed by atoms with Gasteiger partial charge in [-0.2, -0.15) is 0 Å². The molecule has 1 aromatic heterocycles. The fourth-order valence-electron chi connectivity index (χ4n) is 3.15. The van der Waals surface area contributed by atoms with Gasteiger partial charge in [0.25, 0.3) is 0 Å². The van der Waals surface area contributed by atoms with Crippen molar-refractivity contribution in [2.75, 3.05) is 0 Å². The average Bonchev–Trinajstić information content (AvgIpc) is 2.75. The number of benzene rings is 3. The van der Waals surface area contributed by atoms with Crippen LogP contribution in [0.5, 0.6) is 17.2 Å². The molecule has 158 valence electrons. The summed E-state index contributed by atoms with van der Waals surface area (Å²) < 4.78 is 18.3. The molecule has 1 heterocycles. The first-order chi connectivity index (χ1) is 14.8. The first-order valence-electron chi connectivity index (χ1n) is 10.0. The van der Waals surface area contributed by atoms with Gasteiger partial charge in [-0.3, -0.25) is 4.79 Å². The van der Waals surface area contributed by atoms with Gasteiger partial charge in [0.15, 0.2) is 0 Å². The molecule has 4 rings (SSSR count). The van der Waals surface area contributed by atoms with E-state index in [0.29, 0.717) is 29.1 Å². The molecule has 0 aliphatic rings. The van der Waals surface area contributed by atoms with Crippen LogP contribution in [-0.4, -0.2) is 0 Å². The van der Waals surface area contributed by atoms with Crippen LogP contribution in [0, 0.1) is 0 Å². The van der Waals surface area contributed by atoms with Crippen LogP contribution in [0.25, 0.3) is 11.0 Å². The van der Waals surface area contributed by atoms with Gasteiger partial charge in [-0.1, -0.05) is 61.0 Å². The molecular formula is C26H23BrO4. The van der Waals surface area contributed by atoms with Crippen molar-refractivity contribution in [3.8, 4) is 17.2 Å². The molecule has 0 atom stereocenters. The van der Waals surface area contributed by atoms with Crippen molar-refractivity contribution in [2.45, 2.75) is 32.8 Å². The average molecular weight is 479 g/mol. The molecule has 4 nitrogen and oxygen atoms in total. The number of hydrogen-bond donors (Lipinski definition) is 0. The Labute approximate surface area is 189 Å². The van der Waals surface area contributed by atoms with Gasteiger partial charge in [0.05, 0.1) is 5.39 Å². The third-order valence-electron chi connectivity index (χ3n) is 4.98. The number of rotatable bonds is 5. The van der Waals surface area contributed by atoms with Crippen LogP contribution in [0.15, 0.2) is 86.7 Å². The molecule has 4 aromatic rings. The van der Waals surface area contributed by atoms with Gasteiger partial charge in [-0.15, -0.1) is 0 Å². The summed E-state index contributed by atoms with van der Waals surface area (Å²) in [5.74, 6) is 1.37. The predicted molar refractivity (Wildman–Crippen MR) is 126 cm³/mol. The second-order valence-electron chi connectivity index (χ2n) is 8.38. The maximum Gasteiger partial charge on any atom is 0.235 e. The van der Waals surface area contributed by atoms with Crippen LogP contribution < -0.4 is 14.9 Å². The number of fused-ring (bicyclic) bond motifs is 1. The summed E-state index contributed by atoms with van der Waals surface area (Å²) in [5.41, 5.74) is 2.53. The highest BCUT2D eigenvalue weighted by Gasteiger charge is 2.14. The Kier molecular flexibility index (Phi) is 5.88. The second kappa shape index (κ2) is 8.60. The summed E-state index contributed by atoms with van der Waals surface area (Å²) >= 11 is 3.42. The Morgan fingerprint density at radius 2 is 1.58 bits per heavy atom. The molecule has 31 heavy (non-hydrogen) atoms. The fraction of sp³-hybridized carbons (Fsp3) is 0.192. The molecule has 0 bridgehead atoms. The lowest BCUT2D eigenvalue weighted by molar-refractivity contribution is 0.306. The Hall–Kier alpha value is -3.05. The van der Waals surface area contributed by atoms with Crippen molar-refractivity contribution >= 4 is 26.9 Å². The SMILES string of the molecule is CC(C)(C)c1ccc(Oc2coc3cc(OCc4ccc(Br)cc4)ccc3c2=O)cc1. The van der Waals surface area contributed by atoms with E-state index < -0.39 is 0 Å². The largest absolute Gasteiger partial charge is 0.489 e. The highest BCUT2D eigenvalue weighted by Crippen LogP contribution is 2.27. The van der Waals surface area contributed by atoms with Crippen LogP contribution in [0.3, 0.4) is 0 Å². The minimum atomic E-state index is -0.222. The lowest BCUT2D eigenvalue weighted by Crippen LogP contribution is -2.10. The van der Waals surface area contributed by atoms with Crippen molar-refractivity contribution in [1.29, 1.82) is 0 Å². The van der Waals surface area contributed by atoms with Gasteiger partial charge in [0.1, 0.15) is 30.0 Å². The van der Waals surface area contributed by atoms with Gasteiger partial charge < -0.3 is 13.9 Å². The molecule has 0 radical (unpaired) electrons. The highest BCUT2D eigenvalue weighted by atomic mass is 79.9. The summed E-state index contributed by atoms with van der Waals surface area (Å²) in [7, 11) is 0. The first kappa shape index (κ1) is 21.2. The monoisotopic (exact) mass is 478 g/mol. The molecule has 3 aromatic carbocycles. The fourth-order valence-corrected chi connectivity index (χ4v) is 3.41. The van der Waals surface area contributed by atoms with E-state index in [9.17, 15) is 4.79 Å². The summed E-state index contributed by atoms with van der Waals surface area (Å²) in [5, 5.41) is 0.444. The second-order valence-corrected chi connectivity index (χ2v) is 9.29. The van der Waals surface area contributed by atoms with Crippen LogP contribution >= 0.6 is 15.9 Å². The van der Waals surface area contributed by atoms with E-state index in [-0.39, 0.29) is 16.6 Å². The van der Waals surface area contributed by atoms with Gasteiger partial charge in [-0.25, -0.2) is 0 Å². The van der Waals surface area contributed by atoms with Gasteiger partial charge >= 0.3 is 0 Å². The zero-order chi connectivity index (χ0) is 22.0. The zero-order valence-corrected chi connectivity index (χ0v) is 19.2. The summed E-state index contributed by atoms with van der Waals surface area (Å²) in [6.45, 7) is 6.88. The summed E-state index contributed by atoms with van der Waals surface area (Å²) in [4.78, 5) is 12.9. The lowest BCUT2D eigenvalue weighted by Gasteiger charge is -2.19. The van der Waals surface area contributed by atoms with Crippen LogP contribution in [0.4, 0.5) is 0 Å². The van der Waals surface area contributed by atoms with Gasteiger partial charge in [0.2, 0.25) is 11.2 Å². The third-order valence-corrected chi connectivity index (χ3v) is 5.51. The Morgan fingerprint density at radius 1 is 0.903 bits per heavy atom. The smallest absolute Gasteiger partial charge is 0.235 e. The number of ether oxygens (including phenoxy) is 2. The minimum Gasteiger partial charge on any atom is -0.489 e. The van der Waals surface area contributed by atoms with E-state index in [1.54, 1.807) is 18.2 Å². The molecule has 0 spiro atoms. The summed E-state index contributed by atoms with van der Waals surface area (Å²) in [6.07, 6.45) is 1.35. The van der Waals surface area contributed by atoms with Crippen molar-refractivity contribution < 1.29 is 13.9 Å². The quantitative estimate of drug-likeness (QED) is 0.303. The zero-order valence-electron chi connectivity index (χ0n) is 17.6. The molecular weight excluding hydrogens is 456 g/mol.